The molecular formula is C12H20N2O2. The lowest BCUT2D eigenvalue weighted by atomic mass is 10.1. The van der Waals surface area contributed by atoms with Gasteiger partial charge < -0.3 is 14.8 Å². The summed E-state index contributed by atoms with van der Waals surface area (Å²) in [7, 11) is 5.66. The SMILES string of the molecule is CONCc1cc(CCN(C)C)ccc1O. The number of phenolic OH excluding ortho intramolecular Hbond substituents is 1. The maximum Gasteiger partial charge on any atom is 0.120 e. The molecule has 0 amide bonds. The Morgan fingerprint density at radius 2 is 2.12 bits per heavy atom. The summed E-state index contributed by atoms with van der Waals surface area (Å²) in [5.74, 6) is 0.304. The van der Waals surface area contributed by atoms with Crippen LogP contribution in [0.1, 0.15) is 11.1 Å². The van der Waals surface area contributed by atoms with Crippen LogP contribution in [0.15, 0.2) is 18.2 Å². The number of hydrogen-bond acceptors (Lipinski definition) is 4. The van der Waals surface area contributed by atoms with Crippen molar-refractivity contribution < 1.29 is 9.94 Å². The first-order valence-electron chi connectivity index (χ1n) is 5.35. The van der Waals surface area contributed by atoms with Gasteiger partial charge in [-0.3, -0.25) is 0 Å². The van der Waals surface area contributed by atoms with Gasteiger partial charge in [0.1, 0.15) is 5.75 Å². The van der Waals surface area contributed by atoms with Gasteiger partial charge >= 0.3 is 0 Å². The number of phenols is 1. The van der Waals surface area contributed by atoms with Crippen molar-refractivity contribution in [3.63, 3.8) is 0 Å². The number of nitrogens with one attached hydrogen (secondary N) is 1. The number of rotatable bonds is 6. The van der Waals surface area contributed by atoms with E-state index >= 15 is 0 Å². The van der Waals surface area contributed by atoms with E-state index in [0.29, 0.717) is 12.3 Å². The van der Waals surface area contributed by atoms with Crippen molar-refractivity contribution in [3.8, 4) is 5.75 Å². The summed E-state index contributed by atoms with van der Waals surface area (Å²) in [6.07, 6.45) is 0.979. The molecule has 0 fully saturated rings. The number of benzene rings is 1. The van der Waals surface area contributed by atoms with Gasteiger partial charge in [0, 0.05) is 18.7 Å². The smallest absolute Gasteiger partial charge is 0.120 e. The molecule has 90 valence electrons. The van der Waals surface area contributed by atoms with Gasteiger partial charge in [-0.2, -0.15) is 5.48 Å². The second-order valence-electron chi connectivity index (χ2n) is 4.04. The second kappa shape index (κ2) is 6.48. The van der Waals surface area contributed by atoms with Crippen LogP contribution in [0.5, 0.6) is 5.75 Å². The maximum atomic E-state index is 9.63. The van der Waals surface area contributed by atoms with Crippen molar-refractivity contribution in [2.24, 2.45) is 0 Å². The summed E-state index contributed by atoms with van der Waals surface area (Å²) in [6.45, 7) is 1.51. The van der Waals surface area contributed by atoms with Crippen molar-refractivity contribution in [2.75, 3.05) is 27.7 Å². The van der Waals surface area contributed by atoms with Crippen LogP contribution in [0, 0.1) is 0 Å². The van der Waals surface area contributed by atoms with Gasteiger partial charge in [0.05, 0.1) is 7.11 Å². The third-order valence-electron chi connectivity index (χ3n) is 2.40. The number of hydroxylamine groups is 1. The molecule has 1 aromatic rings. The minimum atomic E-state index is 0.304. The average Bonchev–Trinajstić information content (AvgIpc) is 2.26. The number of nitrogens with zero attached hydrogens (tertiary/aromatic N) is 1. The number of aromatic hydroxyl groups is 1. The monoisotopic (exact) mass is 224 g/mol. The lowest BCUT2D eigenvalue weighted by molar-refractivity contribution is 0.0861. The minimum Gasteiger partial charge on any atom is -0.508 e. The Kier molecular flexibility index (Phi) is 5.25. The van der Waals surface area contributed by atoms with Crippen LogP contribution in [0.3, 0.4) is 0 Å². The molecule has 4 heteroatoms. The predicted molar refractivity (Wildman–Crippen MR) is 64.2 cm³/mol. The van der Waals surface area contributed by atoms with Crippen LogP contribution in [0.2, 0.25) is 0 Å². The van der Waals surface area contributed by atoms with Gasteiger partial charge in [-0.05, 0) is 32.1 Å². The third kappa shape index (κ3) is 4.18. The Hall–Kier alpha value is -1.10. The molecule has 1 rings (SSSR count). The fourth-order valence-electron chi connectivity index (χ4n) is 1.44. The Balaban J connectivity index is 2.65. The molecule has 0 heterocycles. The van der Waals surface area contributed by atoms with E-state index in [1.165, 1.54) is 5.56 Å². The van der Waals surface area contributed by atoms with Crippen LogP contribution in [0.25, 0.3) is 0 Å². The van der Waals surface area contributed by atoms with E-state index in [9.17, 15) is 5.11 Å². The number of likely N-dealkylation sites (N-methyl/N-ethyl adjacent to an activating group) is 1. The average molecular weight is 224 g/mol. The van der Waals surface area contributed by atoms with E-state index in [-0.39, 0.29) is 0 Å². The van der Waals surface area contributed by atoms with Crippen LogP contribution in [-0.2, 0) is 17.8 Å². The summed E-state index contributed by atoms with van der Waals surface area (Å²) in [6, 6.07) is 5.69. The molecule has 0 aliphatic heterocycles. The molecule has 4 nitrogen and oxygen atoms in total. The van der Waals surface area contributed by atoms with Crippen molar-refractivity contribution in [1.29, 1.82) is 0 Å². The molecule has 0 bridgehead atoms. The highest BCUT2D eigenvalue weighted by molar-refractivity contribution is 5.36. The summed E-state index contributed by atoms with van der Waals surface area (Å²) in [5, 5.41) is 9.63. The molecule has 0 aliphatic rings. The molecule has 0 atom stereocenters. The Bertz CT molecular complexity index is 327. The zero-order chi connectivity index (χ0) is 12.0. The third-order valence-corrected chi connectivity index (χ3v) is 2.40. The van der Waals surface area contributed by atoms with E-state index in [1.807, 2.05) is 26.2 Å². The molecule has 0 aliphatic carbocycles. The summed E-state index contributed by atoms with van der Waals surface area (Å²) in [4.78, 5) is 6.91. The Morgan fingerprint density at radius 3 is 2.75 bits per heavy atom. The first-order chi connectivity index (χ1) is 7.63. The van der Waals surface area contributed by atoms with Crippen LogP contribution in [-0.4, -0.2) is 37.8 Å². The first kappa shape index (κ1) is 13.0. The Morgan fingerprint density at radius 1 is 1.38 bits per heavy atom. The van der Waals surface area contributed by atoms with Crippen molar-refractivity contribution >= 4 is 0 Å². The lowest BCUT2D eigenvalue weighted by Crippen LogP contribution is -2.15. The van der Waals surface area contributed by atoms with E-state index < -0.39 is 0 Å². The van der Waals surface area contributed by atoms with Gasteiger partial charge in [-0.15, -0.1) is 0 Å². The van der Waals surface area contributed by atoms with Gasteiger partial charge in [0.15, 0.2) is 0 Å². The van der Waals surface area contributed by atoms with Gasteiger partial charge in [-0.25, -0.2) is 0 Å². The molecule has 16 heavy (non-hydrogen) atoms. The van der Waals surface area contributed by atoms with E-state index in [4.69, 9.17) is 4.84 Å². The topological polar surface area (TPSA) is 44.7 Å². The predicted octanol–water partition coefficient (Wildman–Crippen LogP) is 1.15. The van der Waals surface area contributed by atoms with Crippen LogP contribution < -0.4 is 5.48 Å². The van der Waals surface area contributed by atoms with Crippen molar-refractivity contribution in [1.82, 2.24) is 10.4 Å². The maximum absolute atomic E-state index is 9.63. The van der Waals surface area contributed by atoms with E-state index in [0.717, 1.165) is 18.5 Å². The highest BCUT2D eigenvalue weighted by Crippen LogP contribution is 2.18. The van der Waals surface area contributed by atoms with Crippen molar-refractivity contribution in [3.05, 3.63) is 29.3 Å². The highest BCUT2D eigenvalue weighted by atomic mass is 16.6. The summed E-state index contributed by atoms with van der Waals surface area (Å²) < 4.78 is 0. The van der Waals surface area contributed by atoms with E-state index in [2.05, 4.69) is 10.4 Å². The van der Waals surface area contributed by atoms with Crippen molar-refractivity contribution in [2.45, 2.75) is 13.0 Å². The molecule has 0 spiro atoms. The van der Waals surface area contributed by atoms with E-state index in [1.54, 1.807) is 13.2 Å². The zero-order valence-electron chi connectivity index (χ0n) is 10.2. The van der Waals surface area contributed by atoms with Crippen LogP contribution >= 0.6 is 0 Å². The second-order valence-corrected chi connectivity index (χ2v) is 4.04. The van der Waals surface area contributed by atoms with Gasteiger partial charge in [0.2, 0.25) is 0 Å². The molecule has 2 N–H and O–H groups in total. The van der Waals surface area contributed by atoms with Gasteiger partial charge in [0.25, 0.3) is 0 Å². The summed E-state index contributed by atoms with van der Waals surface area (Å²) >= 11 is 0. The molecule has 0 saturated heterocycles. The van der Waals surface area contributed by atoms with Gasteiger partial charge in [-0.1, -0.05) is 12.1 Å². The fourth-order valence-corrected chi connectivity index (χ4v) is 1.44. The molecule has 0 radical (unpaired) electrons. The Labute approximate surface area is 96.8 Å². The highest BCUT2D eigenvalue weighted by Gasteiger charge is 2.03. The first-order valence-corrected chi connectivity index (χ1v) is 5.35. The largest absolute Gasteiger partial charge is 0.508 e. The normalized spacial score (nSPS) is 11.0. The lowest BCUT2D eigenvalue weighted by Gasteiger charge is -2.11. The van der Waals surface area contributed by atoms with Crippen LogP contribution in [0.4, 0.5) is 0 Å². The molecular weight excluding hydrogens is 204 g/mol. The molecule has 1 aromatic carbocycles. The molecule has 0 aromatic heterocycles. The number of hydrogen-bond donors (Lipinski definition) is 2. The zero-order valence-corrected chi connectivity index (χ0v) is 10.2. The molecule has 0 unspecified atom stereocenters. The fraction of sp³-hybridized carbons (Fsp3) is 0.500. The molecule has 0 saturated carbocycles. The summed E-state index contributed by atoms with van der Waals surface area (Å²) in [5.41, 5.74) is 4.81. The quantitative estimate of drug-likeness (QED) is 0.711. The standard InChI is InChI=1S/C12H20N2O2/c1-14(2)7-6-10-4-5-12(15)11(8-10)9-13-16-3/h4-5,8,13,15H,6-7,9H2,1-3H3. The minimum absolute atomic E-state index is 0.304.